The van der Waals surface area contributed by atoms with Gasteiger partial charge in [-0.2, -0.15) is 5.10 Å². The second-order valence-corrected chi connectivity index (χ2v) is 6.95. The molecule has 0 bridgehead atoms. The van der Waals surface area contributed by atoms with Crippen molar-refractivity contribution in [3.8, 4) is 22.9 Å². The Labute approximate surface area is 169 Å². The quantitative estimate of drug-likeness (QED) is 0.716. The van der Waals surface area contributed by atoms with E-state index in [1.807, 2.05) is 37.3 Å². The summed E-state index contributed by atoms with van der Waals surface area (Å²) in [5.74, 6) is 2.18. The fraction of sp³-hybridized carbons (Fsp3) is 0.273. The summed E-state index contributed by atoms with van der Waals surface area (Å²) >= 11 is 0. The lowest BCUT2D eigenvalue weighted by Gasteiger charge is -2.26. The Kier molecular flexibility index (Phi) is 4.88. The van der Waals surface area contributed by atoms with E-state index in [2.05, 4.69) is 10.4 Å². The number of carbonyl (C=O) groups is 1. The highest BCUT2D eigenvalue weighted by Gasteiger charge is 2.33. The molecule has 0 aliphatic carbocycles. The topological polar surface area (TPSA) is 74.6 Å². The molecule has 1 amide bonds. The van der Waals surface area contributed by atoms with Gasteiger partial charge in [-0.05, 0) is 25.1 Å². The molecule has 1 N–H and O–H groups in total. The van der Waals surface area contributed by atoms with Crippen LogP contribution in [0.5, 0.6) is 17.2 Å². The Bertz CT molecular complexity index is 1060. The molecular formula is C22H23N3O4. The SMILES string of the molecule is COc1cc(OC)c([C@@H]2CC(=O)Nc3c2cnn3-c2ccc(C)cc2)cc1OC. The van der Waals surface area contributed by atoms with Crippen LogP contribution in [-0.4, -0.2) is 37.0 Å². The number of rotatable bonds is 5. The molecule has 0 unspecified atom stereocenters. The van der Waals surface area contributed by atoms with Crippen LogP contribution in [-0.2, 0) is 4.79 Å². The monoisotopic (exact) mass is 393 g/mol. The van der Waals surface area contributed by atoms with Gasteiger partial charge in [0.25, 0.3) is 0 Å². The van der Waals surface area contributed by atoms with Crippen molar-refractivity contribution < 1.29 is 19.0 Å². The van der Waals surface area contributed by atoms with Crippen LogP contribution in [0.4, 0.5) is 5.82 Å². The molecule has 0 fully saturated rings. The van der Waals surface area contributed by atoms with Gasteiger partial charge < -0.3 is 19.5 Å². The number of amides is 1. The molecule has 2 heterocycles. The Morgan fingerprint density at radius 1 is 0.966 bits per heavy atom. The number of carbonyl (C=O) groups excluding carboxylic acids is 1. The molecule has 150 valence electrons. The Morgan fingerprint density at radius 3 is 2.28 bits per heavy atom. The van der Waals surface area contributed by atoms with Gasteiger partial charge in [0, 0.05) is 29.5 Å². The van der Waals surface area contributed by atoms with Crippen molar-refractivity contribution in [2.45, 2.75) is 19.3 Å². The van der Waals surface area contributed by atoms with Gasteiger partial charge in [-0.1, -0.05) is 17.7 Å². The minimum atomic E-state index is -0.215. The van der Waals surface area contributed by atoms with Gasteiger partial charge in [0.05, 0.1) is 33.2 Å². The van der Waals surface area contributed by atoms with Crippen LogP contribution < -0.4 is 19.5 Å². The lowest BCUT2D eigenvalue weighted by molar-refractivity contribution is -0.116. The van der Waals surface area contributed by atoms with Crippen molar-refractivity contribution in [2.24, 2.45) is 0 Å². The third kappa shape index (κ3) is 3.29. The highest BCUT2D eigenvalue weighted by Crippen LogP contribution is 2.45. The molecule has 4 rings (SSSR count). The van der Waals surface area contributed by atoms with Gasteiger partial charge >= 0.3 is 0 Å². The second-order valence-electron chi connectivity index (χ2n) is 6.95. The van der Waals surface area contributed by atoms with E-state index in [-0.39, 0.29) is 11.8 Å². The largest absolute Gasteiger partial charge is 0.496 e. The molecule has 1 aliphatic rings. The molecule has 2 aromatic carbocycles. The first-order valence-electron chi connectivity index (χ1n) is 9.30. The number of anilines is 1. The first-order valence-corrected chi connectivity index (χ1v) is 9.30. The number of aryl methyl sites for hydroxylation is 1. The fourth-order valence-electron chi connectivity index (χ4n) is 3.70. The minimum Gasteiger partial charge on any atom is -0.496 e. The van der Waals surface area contributed by atoms with E-state index in [0.717, 1.165) is 22.4 Å². The van der Waals surface area contributed by atoms with Crippen molar-refractivity contribution in [2.75, 3.05) is 26.6 Å². The summed E-state index contributed by atoms with van der Waals surface area (Å²) < 4.78 is 18.2. The normalized spacial score (nSPS) is 15.4. The lowest BCUT2D eigenvalue weighted by atomic mass is 9.86. The zero-order chi connectivity index (χ0) is 20.5. The van der Waals surface area contributed by atoms with Crippen molar-refractivity contribution in [3.05, 3.63) is 59.3 Å². The number of fused-ring (bicyclic) bond motifs is 1. The van der Waals surface area contributed by atoms with E-state index in [4.69, 9.17) is 14.2 Å². The zero-order valence-electron chi connectivity index (χ0n) is 16.9. The number of methoxy groups -OCH3 is 3. The average molecular weight is 393 g/mol. The molecule has 7 nitrogen and oxygen atoms in total. The third-order valence-electron chi connectivity index (χ3n) is 5.21. The number of nitrogens with zero attached hydrogens (tertiary/aromatic N) is 2. The average Bonchev–Trinajstić information content (AvgIpc) is 3.16. The predicted octanol–water partition coefficient (Wildman–Crippen LogP) is 3.68. The van der Waals surface area contributed by atoms with Crippen molar-refractivity contribution >= 4 is 11.7 Å². The number of nitrogens with one attached hydrogen (secondary N) is 1. The van der Waals surface area contributed by atoms with E-state index in [0.29, 0.717) is 29.5 Å². The Hall–Kier alpha value is -3.48. The van der Waals surface area contributed by atoms with Crippen molar-refractivity contribution in [1.82, 2.24) is 9.78 Å². The van der Waals surface area contributed by atoms with Crippen LogP contribution in [0.25, 0.3) is 5.69 Å². The maximum absolute atomic E-state index is 12.6. The lowest BCUT2D eigenvalue weighted by Crippen LogP contribution is -2.25. The van der Waals surface area contributed by atoms with Crippen LogP contribution in [0.15, 0.2) is 42.6 Å². The first kappa shape index (κ1) is 18.9. The van der Waals surface area contributed by atoms with Gasteiger partial charge in [-0.15, -0.1) is 0 Å². The molecule has 0 saturated carbocycles. The van der Waals surface area contributed by atoms with Gasteiger partial charge in [-0.25, -0.2) is 4.68 Å². The molecule has 1 aromatic heterocycles. The number of hydrogen-bond acceptors (Lipinski definition) is 5. The van der Waals surface area contributed by atoms with E-state index >= 15 is 0 Å². The molecule has 0 spiro atoms. The maximum atomic E-state index is 12.6. The van der Waals surface area contributed by atoms with Crippen LogP contribution >= 0.6 is 0 Å². The summed E-state index contributed by atoms with van der Waals surface area (Å²) in [6, 6.07) is 11.6. The summed E-state index contributed by atoms with van der Waals surface area (Å²) in [5, 5.41) is 7.52. The Morgan fingerprint density at radius 2 is 1.62 bits per heavy atom. The molecular weight excluding hydrogens is 370 g/mol. The minimum absolute atomic E-state index is 0.0757. The van der Waals surface area contributed by atoms with Gasteiger partial charge in [0.1, 0.15) is 11.6 Å². The second kappa shape index (κ2) is 7.50. The maximum Gasteiger partial charge on any atom is 0.226 e. The smallest absolute Gasteiger partial charge is 0.226 e. The Balaban J connectivity index is 1.84. The van der Waals surface area contributed by atoms with Gasteiger partial charge in [0.15, 0.2) is 11.5 Å². The van der Waals surface area contributed by atoms with Crippen LogP contribution in [0.2, 0.25) is 0 Å². The van der Waals surface area contributed by atoms with Crippen LogP contribution in [0.3, 0.4) is 0 Å². The van der Waals surface area contributed by atoms with E-state index in [1.54, 1.807) is 38.3 Å². The van der Waals surface area contributed by atoms with Gasteiger partial charge in [0.2, 0.25) is 5.91 Å². The standard InChI is InChI=1S/C22H23N3O4/c1-13-5-7-14(8-6-13)25-22-17(12-23-25)15(10-21(26)24-22)16-9-19(28-3)20(29-4)11-18(16)27-2/h5-9,11-12,15H,10H2,1-4H3,(H,24,26)/t15-/m0/s1. The molecule has 7 heteroatoms. The molecule has 29 heavy (non-hydrogen) atoms. The number of hydrogen-bond donors (Lipinski definition) is 1. The van der Waals surface area contributed by atoms with Crippen LogP contribution in [0, 0.1) is 6.92 Å². The number of aromatic nitrogens is 2. The third-order valence-corrected chi connectivity index (χ3v) is 5.21. The fourth-order valence-corrected chi connectivity index (χ4v) is 3.70. The molecule has 1 atom stereocenters. The highest BCUT2D eigenvalue weighted by molar-refractivity contribution is 5.95. The summed E-state index contributed by atoms with van der Waals surface area (Å²) in [7, 11) is 4.77. The highest BCUT2D eigenvalue weighted by atomic mass is 16.5. The predicted molar refractivity (Wildman–Crippen MR) is 109 cm³/mol. The molecule has 0 saturated heterocycles. The van der Waals surface area contributed by atoms with E-state index in [1.165, 1.54) is 0 Å². The van der Waals surface area contributed by atoms with E-state index < -0.39 is 0 Å². The summed E-state index contributed by atoms with van der Waals surface area (Å²) in [5.41, 5.74) is 3.82. The van der Waals surface area contributed by atoms with Crippen molar-refractivity contribution in [1.29, 1.82) is 0 Å². The summed E-state index contributed by atoms with van der Waals surface area (Å²) in [6.07, 6.45) is 2.09. The van der Waals surface area contributed by atoms with E-state index in [9.17, 15) is 4.79 Å². The molecule has 3 aromatic rings. The molecule has 1 aliphatic heterocycles. The molecule has 0 radical (unpaired) electrons. The summed E-state index contributed by atoms with van der Waals surface area (Å²) in [6.45, 7) is 2.03. The summed E-state index contributed by atoms with van der Waals surface area (Å²) in [4.78, 5) is 12.6. The van der Waals surface area contributed by atoms with Crippen LogP contribution in [0.1, 0.15) is 29.0 Å². The zero-order valence-corrected chi connectivity index (χ0v) is 16.9. The number of ether oxygens (including phenoxy) is 3. The van der Waals surface area contributed by atoms with Gasteiger partial charge in [-0.3, -0.25) is 4.79 Å². The number of benzene rings is 2. The first-order chi connectivity index (χ1) is 14.0. The van der Waals surface area contributed by atoms with Crippen molar-refractivity contribution in [3.63, 3.8) is 0 Å².